The maximum atomic E-state index is 13.3. The maximum Gasteiger partial charge on any atom is 0.331 e. The van der Waals surface area contributed by atoms with Crippen LogP contribution >= 0.6 is 0 Å². The fourth-order valence-corrected chi connectivity index (χ4v) is 2.04. The smallest absolute Gasteiger partial charge is 0.331 e. The largest absolute Gasteiger partial charge is 0.452 e. The van der Waals surface area contributed by atoms with Crippen LogP contribution in [0.2, 0.25) is 0 Å². The van der Waals surface area contributed by atoms with E-state index in [9.17, 15) is 14.0 Å². The van der Waals surface area contributed by atoms with Crippen molar-refractivity contribution < 1.29 is 23.5 Å². The second-order valence-corrected chi connectivity index (χ2v) is 4.90. The fraction of sp³-hybridized carbons (Fsp3) is 0.375. The number of hydrogen-bond donors (Lipinski definition) is 1. The molecule has 0 spiro atoms. The van der Waals surface area contributed by atoms with Crippen LogP contribution in [-0.2, 0) is 19.1 Å². The normalized spacial score (nSPS) is 17.6. The molecule has 1 aromatic carbocycles. The van der Waals surface area contributed by atoms with E-state index in [1.54, 1.807) is 12.1 Å². The molecule has 0 aromatic heterocycles. The predicted octanol–water partition coefficient (Wildman–Crippen LogP) is 1.68. The van der Waals surface area contributed by atoms with Gasteiger partial charge in [-0.1, -0.05) is 18.2 Å². The Morgan fingerprint density at radius 1 is 1.41 bits per heavy atom. The van der Waals surface area contributed by atoms with Crippen LogP contribution in [0.15, 0.2) is 30.3 Å². The predicted molar refractivity (Wildman–Crippen MR) is 78.4 cm³/mol. The van der Waals surface area contributed by atoms with Gasteiger partial charge in [0.15, 0.2) is 6.61 Å². The lowest BCUT2D eigenvalue weighted by Gasteiger charge is -2.10. The lowest BCUT2D eigenvalue weighted by atomic mass is 10.2. The zero-order valence-electron chi connectivity index (χ0n) is 12.1. The highest BCUT2D eigenvalue weighted by molar-refractivity contribution is 5.89. The molecular formula is C16H18FNO4. The summed E-state index contributed by atoms with van der Waals surface area (Å²) < 4.78 is 23.5. The van der Waals surface area contributed by atoms with Crippen LogP contribution in [0.3, 0.4) is 0 Å². The molecule has 1 N–H and O–H groups in total. The summed E-state index contributed by atoms with van der Waals surface area (Å²) in [5.74, 6) is -1.51. The van der Waals surface area contributed by atoms with E-state index in [0.29, 0.717) is 6.54 Å². The number of amides is 1. The molecule has 118 valence electrons. The standard InChI is InChI=1S/C16H18FNO4/c17-14-6-2-1-4-12(14)7-8-16(20)22-11-15(19)18-10-13-5-3-9-21-13/h1-2,4,6-8,13H,3,5,9-11H2,(H,18,19)/b8-7+/t13-/m1/s1. The molecule has 1 atom stereocenters. The Hall–Kier alpha value is -2.21. The summed E-state index contributed by atoms with van der Waals surface area (Å²) in [6, 6.07) is 6.05. The highest BCUT2D eigenvalue weighted by Gasteiger charge is 2.16. The van der Waals surface area contributed by atoms with E-state index < -0.39 is 11.8 Å². The van der Waals surface area contributed by atoms with Crippen LogP contribution in [0.4, 0.5) is 4.39 Å². The van der Waals surface area contributed by atoms with E-state index in [4.69, 9.17) is 9.47 Å². The van der Waals surface area contributed by atoms with Crippen molar-refractivity contribution in [3.05, 3.63) is 41.7 Å². The first-order chi connectivity index (χ1) is 10.6. The zero-order valence-corrected chi connectivity index (χ0v) is 12.1. The summed E-state index contributed by atoms with van der Waals surface area (Å²) in [4.78, 5) is 23.0. The van der Waals surface area contributed by atoms with Crippen LogP contribution < -0.4 is 5.32 Å². The molecule has 22 heavy (non-hydrogen) atoms. The number of halogens is 1. The number of carbonyl (C=O) groups is 2. The SMILES string of the molecule is O=C(COC(=O)/C=C/c1ccccc1F)NC[C@H]1CCCO1. The molecule has 1 aliphatic heterocycles. The van der Waals surface area contributed by atoms with Gasteiger partial charge in [0.2, 0.25) is 0 Å². The van der Waals surface area contributed by atoms with Gasteiger partial charge < -0.3 is 14.8 Å². The quantitative estimate of drug-likeness (QED) is 0.641. The van der Waals surface area contributed by atoms with Gasteiger partial charge in [0.1, 0.15) is 5.82 Å². The number of nitrogens with one attached hydrogen (secondary N) is 1. The van der Waals surface area contributed by atoms with Crippen LogP contribution in [0.5, 0.6) is 0 Å². The summed E-state index contributed by atoms with van der Waals surface area (Å²) in [5, 5.41) is 2.64. The Labute approximate surface area is 128 Å². The monoisotopic (exact) mass is 307 g/mol. The van der Waals surface area contributed by atoms with E-state index in [0.717, 1.165) is 25.5 Å². The van der Waals surface area contributed by atoms with Crippen molar-refractivity contribution in [3.63, 3.8) is 0 Å². The molecular weight excluding hydrogens is 289 g/mol. The number of esters is 1. The van der Waals surface area contributed by atoms with Crippen molar-refractivity contribution in [1.82, 2.24) is 5.32 Å². The number of hydrogen-bond acceptors (Lipinski definition) is 4. The second-order valence-electron chi connectivity index (χ2n) is 4.90. The third kappa shape index (κ3) is 5.29. The van der Waals surface area contributed by atoms with Crippen molar-refractivity contribution in [2.75, 3.05) is 19.8 Å². The highest BCUT2D eigenvalue weighted by atomic mass is 19.1. The van der Waals surface area contributed by atoms with Crippen LogP contribution in [0, 0.1) is 5.82 Å². The molecule has 5 nitrogen and oxygen atoms in total. The molecule has 1 amide bonds. The maximum absolute atomic E-state index is 13.3. The first kappa shape index (κ1) is 16.2. The van der Waals surface area contributed by atoms with Crippen LogP contribution in [0.25, 0.3) is 6.08 Å². The lowest BCUT2D eigenvalue weighted by molar-refractivity contribution is -0.143. The van der Waals surface area contributed by atoms with Gasteiger partial charge in [-0.05, 0) is 25.0 Å². The molecule has 0 aliphatic carbocycles. The Kier molecular flexibility index (Phi) is 6.09. The van der Waals surface area contributed by atoms with Crippen LogP contribution in [0.1, 0.15) is 18.4 Å². The summed E-state index contributed by atoms with van der Waals surface area (Å²) in [7, 11) is 0. The molecule has 1 aromatic rings. The second kappa shape index (κ2) is 8.29. The van der Waals surface area contributed by atoms with E-state index in [2.05, 4.69) is 5.32 Å². The van der Waals surface area contributed by atoms with Gasteiger partial charge in [-0.3, -0.25) is 4.79 Å². The molecule has 1 aliphatic rings. The Morgan fingerprint density at radius 2 is 2.23 bits per heavy atom. The molecule has 6 heteroatoms. The van der Waals surface area contributed by atoms with Crippen molar-refractivity contribution in [1.29, 1.82) is 0 Å². The zero-order chi connectivity index (χ0) is 15.8. The fourth-order valence-electron chi connectivity index (χ4n) is 2.04. The van der Waals surface area contributed by atoms with Gasteiger partial charge >= 0.3 is 5.97 Å². The van der Waals surface area contributed by atoms with E-state index in [1.165, 1.54) is 18.2 Å². The van der Waals surface area contributed by atoms with Gasteiger partial charge in [0.05, 0.1) is 6.10 Å². The topological polar surface area (TPSA) is 64.6 Å². The Bertz CT molecular complexity index is 553. The molecule has 1 saturated heterocycles. The molecule has 0 saturated carbocycles. The van der Waals surface area contributed by atoms with E-state index >= 15 is 0 Å². The average molecular weight is 307 g/mol. The Morgan fingerprint density at radius 3 is 2.95 bits per heavy atom. The number of ether oxygens (including phenoxy) is 2. The minimum absolute atomic E-state index is 0.0422. The summed E-state index contributed by atoms with van der Waals surface area (Å²) in [6.45, 7) is 0.769. The van der Waals surface area contributed by atoms with Crippen molar-refractivity contribution in [2.24, 2.45) is 0 Å². The van der Waals surface area contributed by atoms with Crippen molar-refractivity contribution in [3.8, 4) is 0 Å². The molecule has 0 radical (unpaired) electrons. The molecule has 1 heterocycles. The van der Waals surface area contributed by atoms with Gasteiger partial charge in [-0.2, -0.15) is 0 Å². The Balaban J connectivity index is 1.68. The first-order valence-electron chi connectivity index (χ1n) is 7.13. The van der Waals surface area contributed by atoms with Gasteiger partial charge in [-0.25, -0.2) is 9.18 Å². The number of carbonyl (C=O) groups excluding carboxylic acids is 2. The van der Waals surface area contributed by atoms with Gasteiger partial charge in [0.25, 0.3) is 5.91 Å². The molecule has 2 rings (SSSR count). The highest BCUT2D eigenvalue weighted by Crippen LogP contribution is 2.10. The van der Waals surface area contributed by atoms with Gasteiger partial charge in [-0.15, -0.1) is 0 Å². The number of rotatable bonds is 6. The third-order valence-electron chi connectivity index (χ3n) is 3.20. The van der Waals surface area contributed by atoms with Gasteiger partial charge in [0, 0.05) is 24.8 Å². The molecule has 0 bridgehead atoms. The van der Waals surface area contributed by atoms with E-state index in [1.807, 2.05) is 0 Å². The first-order valence-corrected chi connectivity index (χ1v) is 7.13. The van der Waals surface area contributed by atoms with Crippen molar-refractivity contribution >= 4 is 18.0 Å². The third-order valence-corrected chi connectivity index (χ3v) is 3.20. The summed E-state index contributed by atoms with van der Waals surface area (Å²) >= 11 is 0. The summed E-state index contributed by atoms with van der Waals surface area (Å²) in [6.07, 6.45) is 4.36. The molecule has 0 unspecified atom stereocenters. The van der Waals surface area contributed by atoms with Crippen LogP contribution in [-0.4, -0.2) is 37.7 Å². The minimum Gasteiger partial charge on any atom is -0.452 e. The summed E-state index contributed by atoms with van der Waals surface area (Å²) in [5.41, 5.74) is 0.280. The lowest BCUT2D eigenvalue weighted by Crippen LogP contribution is -2.34. The molecule has 1 fully saturated rings. The van der Waals surface area contributed by atoms with E-state index in [-0.39, 0.29) is 24.2 Å². The van der Waals surface area contributed by atoms with Crippen molar-refractivity contribution in [2.45, 2.75) is 18.9 Å². The minimum atomic E-state index is -0.699. The average Bonchev–Trinajstić information content (AvgIpc) is 3.03. The number of benzene rings is 1.